The lowest BCUT2D eigenvalue weighted by Gasteiger charge is -2.28. The van der Waals surface area contributed by atoms with Gasteiger partial charge in [0.1, 0.15) is 10.6 Å². The lowest BCUT2D eigenvalue weighted by atomic mass is 9.85. The second-order valence-electron chi connectivity index (χ2n) is 10.1. The molecule has 196 valence electrons. The first-order valence-corrected chi connectivity index (χ1v) is 13.4. The molecule has 2 N–H and O–H groups in total. The van der Waals surface area contributed by atoms with Crippen molar-refractivity contribution in [3.63, 3.8) is 0 Å². The number of nitrogens with zero attached hydrogens (tertiary/aromatic N) is 3. The minimum absolute atomic E-state index is 0.00794. The zero-order valence-electron chi connectivity index (χ0n) is 20.9. The molecule has 1 saturated carbocycles. The van der Waals surface area contributed by atoms with Crippen molar-refractivity contribution in [2.45, 2.75) is 57.4 Å². The number of amides is 1. The molecule has 0 unspecified atom stereocenters. The summed E-state index contributed by atoms with van der Waals surface area (Å²) in [5.41, 5.74) is -0.206. The van der Waals surface area contributed by atoms with Gasteiger partial charge in [-0.2, -0.15) is 9.40 Å². The molecule has 1 amide bonds. The number of ether oxygens (including phenoxy) is 2. The van der Waals surface area contributed by atoms with E-state index in [1.807, 2.05) is 20.8 Å². The Hall–Kier alpha value is -2.96. The number of carboxylic acids is 1. The fourth-order valence-corrected chi connectivity index (χ4v) is 5.62. The molecular weight excluding hydrogens is 488 g/mol. The number of carbonyl (C=O) groups excluding carboxylic acids is 1. The smallest absolute Gasteiger partial charge is 0.356 e. The molecule has 0 bridgehead atoms. The topological polar surface area (TPSA) is 140 Å². The third-order valence-electron chi connectivity index (χ3n) is 6.39. The zero-order valence-corrected chi connectivity index (χ0v) is 21.7. The number of carboxylic acid groups (broad SMARTS) is 1. The number of aromatic carboxylic acids is 1. The number of carbonyl (C=O) groups is 2. The average Bonchev–Trinajstić information content (AvgIpc) is 3.11. The van der Waals surface area contributed by atoms with Gasteiger partial charge in [-0.25, -0.2) is 17.9 Å². The van der Waals surface area contributed by atoms with Crippen LogP contribution in [0.15, 0.2) is 23.1 Å². The van der Waals surface area contributed by atoms with Gasteiger partial charge in [-0.1, -0.05) is 6.42 Å². The van der Waals surface area contributed by atoms with E-state index in [-0.39, 0.29) is 65.9 Å². The van der Waals surface area contributed by atoms with E-state index in [0.29, 0.717) is 5.69 Å². The SMILES string of the molecule is Cc1c(C(=O)O)nn(C(C)(C)C)c1Oc1ccc(NC(=O)C2CCC2)cc1S(=O)(=O)N1CCOCC1. The summed E-state index contributed by atoms with van der Waals surface area (Å²) in [4.78, 5) is 24.1. The number of sulfonamides is 1. The first-order valence-electron chi connectivity index (χ1n) is 11.9. The van der Waals surface area contributed by atoms with Gasteiger partial charge in [0, 0.05) is 30.3 Å². The Morgan fingerprint density at radius 1 is 1.19 bits per heavy atom. The highest BCUT2D eigenvalue weighted by atomic mass is 32.2. The minimum atomic E-state index is -4.02. The largest absolute Gasteiger partial charge is 0.476 e. The van der Waals surface area contributed by atoms with Crippen LogP contribution in [0, 0.1) is 12.8 Å². The van der Waals surface area contributed by atoms with Crippen LogP contribution >= 0.6 is 0 Å². The van der Waals surface area contributed by atoms with Gasteiger partial charge in [0.25, 0.3) is 0 Å². The van der Waals surface area contributed by atoms with Crippen molar-refractivity contribution in [1.29, 1.82) is 0 Å². The van der Waals surface area contributed by atoms with E-state index in [2.05, 4.69) is 10.4 Å². The first kappa shape index (κ1) is 26.1. The number of hydrogen-bond acceptors (Lipinski definition) is 7. The molecule has 0 atom stereocenters. The second-order valence-corrected chi connectivity index (χ2v) is 12.0. The van der Waals surface area contributed by atoms with E-state index >= 15 is 0 Å². The molecule has 1 aromatic carbocycles. The van der Waals surface area contributed by atoms with Crippen molar-refractivity contribution < 1.29 is 32.6 Å². The van der Waals surface area contributed by atoms with Crippen LogP contribution in [-0.4, -0.2) is 65.8 Å². The van der Waals surface area contributed by atoms with Crippen LogP contribution in [0.5, 0.6) is 11.6 Å². The third kappa shape index (κ3) is 5.11. The van der Waals surface area contributed by atoms with Gasteiger partial charge in [-0.05, 0) is 58.7 Å². The van der Waals surface area contributed by atoms with Crippen molar-refractivity contribution in [2.75, 3.05) is 31.6 Å². The molecule has 2 aliphatic rings. The summed E-state index contributed by atoms with van der Waals surface area (Å²) in [5, 5.41) is 16.6. The Balaban J connectivity index is 1.78. The maximum absolute atomic E-state index is 13.7. The highest BCUT2D eigenvalue weighted by molar-refractivity contribution is 7.89. The molecule has 0 spiro atoms. The summed E-state index contributed by atoms with van der Waals surface area (Å²) >= 11 is 0. The average molecular weight is 521 g/mol. The molecule has 1 aromatic heterocycles. The molecule has 2 aromatic rings. The standard InChI is InChI=1S/C24H32N4O7S/c1-15-20(23(30)31)26-28(24(2,3)4)22(15)35-18-9-8-17(25-21(29)16-6-5-7-16)14-19(18)36(32,33)27-10-12-34-13-11-27/h8-9,14,16H,5-7,10-13H2,1-4H3,(H,25,29)(H,30,31). The van der Waals surface area contributed by atoms with Crippen LogP contribution in [-0.2, 0) is 25.1 Å². The van der Waals surface area contributed by atoms with E-state index < -0.39 is 21.5 Å². The molecule has 1 aliphatic carbocycles. The molecule has 1 aliphatic heterocycles. The third-order valence-corrected chi connectivity index (χ3v) is 8.31. The van der Waals surface area contributed by atoms with Gasteiger partial charge in [0.2, 0.25) is 21.8 Å². The zero-order chi connectivity index (χ0) is 26.3. The van der Waals surface area contributed by atoms with Crippen LogP contribution < -0.4 is 10.1 Å². The van der Waals surface area contributed by atoms with Crippen LogP contribution in [0.3, 0.4) is 0 Å². The van der Waals surface area contributed by atoms with Gasteiger partial charge in [-0.3, -0.25) is 4.79 Å². The van der Waals surface area contributed by atoms with Crippen LogP contribution in [0.2, 0.25) is 0 Å². The number of anilines is 1. The minimum Gasteiger partial charge on any atom is -0.476 e. The molecule has 2 fully saturated rings. The number of nitrogens with one attached hydrogen (secondary N) is 1. The molecule has 11 nitrogen and oxygen atoms in total. The van der Waals surface area contributed by atoms with Crippen molar-refractivity contribution in [3.8, 4) is 11.6 Å². The number of aromatic nitrogens is 2. The molecule has 36 heavy (non-hydrogen) atoms. The lowest BCUT2D eigenvalue weighted by molar-refractivity contribution is -0.122. The number of morpholine rings is 1. The Kier molecular flexibility index (Phi) is 7.13. The van der Waals surface area contributed by atoms with Gasteiger partial charge in [0.05, 0.1) is 18.8 Å². The quantitative estimate of drug-likeness (QED) is 0.567. The predicted octanol–water partition coefficient (Wildman–Crippen LogP) is 3.20. The first-order chi connectivity index (χ1) is 16.9. The van der Waals surface area contributed by atoms with E-state index in [4.69, 9.17) is 9.47 Å². The van der Waals surface area contributed by atoms with Gasteiger partial charge >= 0.3 is 5.97 Å². The van der Waals surface area contributed by atoms with Crippen molar-refractivity contribution in [2.24, 2.45) is 5.92 Å². The van der Waals surface area contributed by atoms with Crippen molar-refractivity contribution in [1.82, 2.24) is 14.1 Å². The molecule has 12 heteroatoms. The lowest BCUT2D eigenvalue weighted by Crippen LogP contribution is -2.40. The Morgan fingerprint density at radius 2 is 1.86 bits per heavy atom. The second kappa shape index (κ2) is 9.83. The van der Waals surface area contributed by atoms with Crippen LogP contribution in [0.4, 0.5) is 5.69 Å². The van der Waals surface area contributed by atoms with Gasteiger partial charge in [0.15, 0.2) is 5.69 Å². The molecule has 1 saturated heterocycles. The Morgan fingerprint density at radius 3 is 2.42 bits per heavy atom. The summed E-state index contributed by atoms with van der Waals surface area (Å²) in [6.45, 7) is 7.98. The maximum atomic E-state index is 13.7. The highest BCUT2D eigenvalue weighted by Gasteiger charge is 2.33. The molecular formula is C24H32N4O7S. The summed E-state index contributed by atoms with van der Waals surface area (Å²) in [5.74, 6) is -1.29. The number of hydrogen-bond donors (Lipinski definition) is 2. The van der Waals surface area contributed by atoms with E-state index in [1.54, 1.807) is 13.0 Å². The Bertz CT molecular complexity index is 1270. The summed E-state index contributed by atoms with van der Waals surface area (Å²) in [7, 11) is -4.02. The fraction of sp³-hybridized carbons (Fsp3) is 0.542. The van der Waals surface area contributed by atoms with E-state index in [9.17, 15) is 23.1 Å². The fourth-order valence-electron chi connectivity index (χ4n) is 4.07. The van der Waals surface area contributed by atoms with E-state index in [0.717, 1.165) is 19.3 Å². The number of rotatable bonds is 7. The summed E-state index contributed by atoms with van der Waals surface area (Å²) in [6, 6.07) is 4.45. The summed E-state index contributed by atoms with van der Waals surface area (Å²) in [6.07, 6.45) is 2.63. The molecule has 2 heterocycles. The maximum Gasteiger partial charge on any atom is 0.356 e. The summed E-state index contributed by atoms with van der Waals surface area (Å²) < 4.78 is 41.5. The van der Waals surface area contributed by atoms with E-state index in [1.165, 1.54) is 21.1 Å². The predicted molar refractivity (Wildman–Crippen MR) is 131 cm³/mol. The molecule has 4 rings (SSSR count). The highest BCUT2D eigenvalue weighted by Crippen LogP contribution is 2.38. The molecule has 0 radical (unpaired) electrons. The van der Waals surface area contributed by atoms with Crippen molar-refractivity contribution in [3.05, 3.63) is 29.5 Å². The van der Waals surface area contributed by atoms with Gasteiger partial charge in [-0.15, -0.1) is 0 Å². The normalized spacial score (nSPS) is 17.4. The van der Waals surface area contributed by atoms with Crippen molar-refractivity contribution >= 4 is 27.6 Å². The number of benzene rings is 1. The monoisotopic (exact) mass is 520 g/mol. The van der Waals surface area contributed by atoms with Crippen LogP contribution in [0.1, 0.15) is 56.1 Å². The Labute approximate surface area is 210 Å². The van der Waals surface area contributed by atoms with Gasteiger partial charge < -0.3 is 19.9 Å². The van der Waals surface area contributed by atoms with Crippen LogP contribution in [0.25, 0.3) is 0 Å².